The monoisotopic (exact) mass is 285 g/mol. The van der Waals surface area contributed by atoms with Crippen molar-refractivity contribution in [2.45, 2.75) is 49.6 Å². The lowest BCUT2D eigenvalue weighted by Crippen LogP contribution is -2.25. The zero-order chi connectivity index (χ0) is 13.1. The summed E-state index contributed by atoms with van der Waals surface area (Å²) in [7, 11) is 0. The van der Waals surface area contributed by atoms with Crippen LogP contribution in [0.5, 0.6) is 0 Å². The molecule has 2 aliphatic heterocycles. The van der Waals surface area contributed by atoms with Crippen LogP contribution in [0.25, 0.3) is 0 Å². The SMILES string of the molecule is O=c1[nH]nc(SC[C@H]2CCCO2)n1C[C@H]1CCCO1. The highest BCUT2D eigenvalue weighted by Gasteiger charge is 2.21. The molecule has 1 aromatic heterocycles. The summed E-state index contributed by atoms with van der Waals surface area (Å²) in [6, 6.07) is 0. The molecule has 0 spiro atoms. The third-order valence-electron chi connectivity index (χ3n) is 3.56. The van der Waals surface area contributed by atoms with Crippen molar-refractivity contribution >= 4 is 11.8 Å². The summed E-state index contributed by atoms with van der Waals surface area (Å²) < 4.78 is 12.9. The van der Waals surface area contributed by atoms with Crippen molar-refractivity contribution in [1.29, 1.82) is 0 Å². The molecule has 3 heterocycles. The van der Waals surface area contributed by atoms with Gasteiger partial charge in [0.2, 0.25) is 0 Å². The Morgan fingerprint density at radius 2 is 2.00 bits per heavy atom. The van der Waals surface area contributed by atoms with Crippen LogP contribution in [-0.2, 0) is 16.0 Å². The highest BCUT2D eigenvalue weighted by Crippen LogP contribution is 2.22. The molecule has 2 aliphatic rings. The van der Waals surface area contributed by atoms with Gasteiger partial charge in [0.1, 0.15) is 0 Å². The van der Waals surface area contributed by atoms with Crippen LogP contribution in [0.15, 0.2) is 9.95 Å². The van der Waals surface area contributed by atoms with Gasteiger partial charge < -0.3 is 9.47 Å². The van der Waals surface area contributed by atoms with Crippen molar-refractivity contribution in [3.8, 4) is 0 Å². The van der Waals surface area contributed by atoms with E-state index < -0.39 is 0 Å². The predicted octanol–water partition coefficient (Wildman–Crippen LogP) is 1.02. The van der Waals surface area contributed by atoms with Gasteiger partial charge >= 0.3 is 5.69 Å². The molecule has 106 valence electrons. The summed E-state index contributed by atoms with van der Waals surface area (Å²) >= 11 is 1.59. The molecule has 2 saturated heterocycles. The Morgan fingerprint density at radius 3 is 2.68 bits per heavy atom. The van der Waals surface area contributed by atoms with Gasteiger partial charge in [0.15, 0.2) is 5.16 Å². The zero-order valence-corrected chi connectivity index (χ0v) is 11.7. The standard InChI is InChI=1S/C12H19N3O3S/c16-11-13-14-12(19-8-10-4-2-6-18-10)15(11)7-9-3-1-5-17-9/h9-10H,1-8H2,(H,13,16)/t9-,10-/m1/s1. The van der Waals surface area contributed by atoms with E-state index in [-0.39, 0.29) is 11.8 Å². The highest BCUT2D eigenvalue weighted by atomic mass is 32.2. The highest BCUT2D eigenvalue weighted by molar-refractivity contribution is 7.99. The first-order valence-electron chi connectivity index (χ1n) is 6.84. The maximum Gasteiger partial charge on any atom is 0.344 e. The van der Waals surface area contributed by atoms with Gasteiger partial charge in [-0.05, 0) is 25.7 Å². The minimum atomic E-state index is -0.148. The van der Waals surface area contributed by atoms with Crippen LogP contribution in [0.3, 0.4) is 0 Å². The molecule has 7 heteroatoms. The van der Waals surface area contributed by atoms with E-state index in [9.17, 15) is 4.79 Å². The van der Waals surface area contributed by atoms with E-state index in [1.54, 1.807) is 16.3 Å². The maximum atomic E-state index is 11.8. The fraction of sp³-hybridized carbons (Fsp3) is 0.833. The summed E-state index contributed by atoms with van der Waals surface area (Å²) in [4.78, 5) is 11.8. The molecule has 1 aromatic rings. The van der Waals surface area contributed by atoms with Gasteiger partial charge in [0.05, 0.1) is 18.8 Å². The Labute approximate surface area is 115 Å². The molecule has 2 atom stereocenters. The number of nitrogens with zero attached hydrogens (tertiary/aromatic N) is 2. The van der Waals surface area contributed by atoms with Crippen LogP contribution in [0.4, 0.5) is 0 Å². The van der Waals surface area contributed by atoms with Crippen LogP contribution in [-0.4, -0.2) is 45.9 Å². The molecule has 0 unspecified atom stereocenters. The zero-order valence-electron chi connectivity index (χ0n) is 10.8. The number of aromatic amines is 1. The number of nitrogens with one attached hydrogen (secondary N) is 1. The Morgan fingerprint density at radius 1 is 1.26 bits per heavy atom. The number of thioether (sulfide) groups is 1. The maximum absolute atomic E-state index is 11.8. The molecule has 0 saturated carbocycles. The lowest BCUT2D eigenvalue weighted by Gasteiger charge is -2.12. The average Bonchev–Trinajstić information content (AvgIpc) is 3.13. The van der Waals surface area contributed by atoms with Gasteiger partial charge in [0, 0.05) is 19.0 Å². The summed E-state index contributed by atoms with van der Waals surface area (Å²) in [6.45, 7) is 2.26. The molecule has 19 heavy (non-hydrogen) atoms. The van der Waals surface area contributed by atoms with Gasteiger partial charge in [-0.25, -0.2) is 9.89 Å². The van der Waals surface area contributed by atoms with E-state index >= 15 is 0 Å². The van der Waals surface area contributed by atoms with Gasteiger partial charge in [-0.1, -0.05) is 11.8 Å². The van der Waals surface area contributed by atoms with Crippen molar-refractivity contribution in [3.05, 3.63) is 10.5 Å². The van der Waals surface area contributed by atoms with Crippen molar-refractivity contribution in [2.75, 3.05) is 19.0 Å². The predicted molar refractivity (Wildman–Crippen MR) is 71.5 cm³/mol. The number of hydrogen-bond donors (Lipinski definition) is 1. The number of aromatic nitrogens is 3. The smallest absolute Gasteiger partial charge is 0.344 e. The molecule has 0 radical (unpaired) electrons. The second-order valence-corrected chi connectivity index (χ2v) is 5.99. The molecular weight excluding hydrogens is 266 g/mol. The number of hydrogen-bond acceptors (Lipinski definition) is 5. The quantitative estimate of drug-likeness (QED) is 0.818. The van der Waals surface area contributed by atoms with Crippen LogP contribution in [0.2, 0.25) is 0 Å². The first-order chi connectivity index (χ1) is 9.33. The second-order valence-electron chi connectivity index (χ2n) is 5.00. The topological polar surface area (TPSA) is 69.1 Å². The van der Waals surface area contributed by atoms with Crippen LogP contribution >= 0.6 is 11.8 Å². The van der Waals surface area contributed by atoms with E-state index in [2.05, 4.69) is 10.2 Å². The molecular formula is C12H19N3O3S. The Balaban J connectivity index is 1.61. The molecule has 1 N–H and O–H groups in total. The minimum Gasteiger partial charge on any atom is -0.377 e. The van der Waals surface area contributed by atoms with E-state index in [0.717, 1.165) is 49.8 Å². The molecule has 6 nitrogen and oxygen atoms in total. The van der Waals surface area contributed by atoms with Crippen LogP contribution in [0, 0.1) is 0 Å². The minimum absolute atomic E-state index is 0.148. The van der Waals surface area contributed by atoms with Crippen LogP contribution in [0.1, 0.15) is 25.7 Å². The molecule has 0 aliphatic carbocycles. The van der Waals surface area contributed by atoms with Crippen molar-refractivity contribution in [2.24, 2.45) is 0 Å². The second kappa shape index (κ2) is 6.11. The molecule has 3 rings (SSSR count). The Bertz CT molecular complexity index is 461. The molecule has 0 aromatic carbocycles. The normalized spacial score (nSPS) is 27.2. The first-order valence-corrected chi connectivity index (χ1v) is 7.82. The van der Waals surface area contributed by atoms with Gasteiger partial charge in [-0.15, -0.1) is 5.10 Å². The summed E-state index contributed by atoms with van der Waals surface area (Å²) in [5.41, 5.74) is -0.148. The van der Waals surface area contributed by atoms with Crippen LogP contribution < -0.4 is 5.69 Å². The van der Waals surface area contributed by atoms with E-state index in [4.69, 9.17) is 9.47 Å². The molecule has 0 amide bonds. The van der Waals surface area contributed by atoms with Crippen molar-refractivity contribution in [1.82, 2.24) is 14.8 Å². The average molecular weight is 285 g/mol. The lowest BCUT2D eigenvalue weighted by atomic mass is 10.2. The summed E-state index contributed by atoms with van der Waals surface area (Å²) in [5.74, 6) is 0.857. The fourth-order valence-electron chi connectivity index (χ4n) is 2.51. The lowest BCUT2D eigenvalue weighted by molar-refractivity contribution is 0.0941. The van der Waals surface area contributed by atoms with Gasteiger partial charge in [-0.3, -0.25) is 4.57 Å². The van der Waals surface area contributed by atoms with Gasteiger partial charge in [-0.2, -0.15) is 0 Å². The third-order valence-corrected chi connectivity index (χ3v) is 4.66. The third kappa shape index (κ3) is 3.21. The number of rotatable bonds is 5. The summed E-state index contributed by atoms with van der Waals surface area (Å²) in [5, 5.41) is 7.37. The first kappa shape index (κ1) is 13.2. The molecule has 0 bridgehead atoms. The Hall–Kier alpha value is -0.790. The number of H-pyrrole nitrogens is 1. The number of ether oxygens (including phenoxy) is 2. The summed E-state index contributed by atoms with van der Waals surface area (Å²) in [6.07, 6.45) is 4.79. The van der Waals surface area contributed by atoms with Crippen molar-refractivity contribution in [3.63, 3.8) is 0 Å². The Kier molecular flexibility index (Phi) is 4.24. The van der Waals surface area contributed by atoms with Crippen molar-refractivity contribution < 1.29 is 9.47 Å². The van der Waals surface area contributed by atoms with E-state index in [0.29, 0.717) is 12.6 Å². The largest absolute Gasteiger partial charge is 0.377 e. The molecule has 2 fully saturated rings. The van der Waals surface area contributed by atoms with E-state index in [1.165, 1.54) is 0 Å². The van der Waals surface area contributed by atoms with Gasteiger partial charge in [0.25, 0.3) is 0 Å². The fourth-order valence-corrected chi connectivity index (χ4v) is 3.53. The van der Waals surface area contributed by atoms with E-state index in [1.807, 2.05) is 0 Å².